The molecule has 0 atom stereocenters. The van der Waals surface area contributed by atoms with Gasteiger partial charge in [0, 0.05) is 12.6 Å². The number of hydrogen-bond acceptors (Lipinski definition) is 3. The van der Waals surface area contributed by atoms with E-state index in [0.29, 0.717) is 22.4 Å². The molecule has 0 aliphatic heterocycles. The molecule has 0 radical (unpaired) electrons. The van der Waals surface area contributed by atoms with E-state index in [-0.39, 0.29) is 11.7 Å². The van der Waals surface area contributed by atoms with Crippen molar-refractivity contribution in [1.82, 2.24) is 5.32 Å². The van der Waals surface area contributed by atoms with Gasteiger partial charge in [-0.05, 0) is 18.2 Å². The first-order chi connectivity index (χ1) is 9.69. The molecule has 0 aliphatic rings. The fourth-order valence-electron chi connectivity index (χ4n) is 1.99. The molecule has 0 saturated carbocycles. The Morgan fingerprint density at radius 3 is 2.05 bits per heavy atom. The summed E-state index contributed by atoms with van der Waals surface area (Å²) in [5.74, 6) is -0.0327. The summed E-state index contributed by atoms with van der Waals surface area (Å²) in [6.45, 7) is 0. The van der Waals surface area contributed by atoms with E-state index in [2.05, 4.69) is 5.32 Å². The Kier molecular flexibility index (Phi) is 4.15. The molecule has 2 rings (SSSR count). The molecule has 0 heterocycles. The molecule has 0 spiro atoms. The average Bonchev–Trinajstić information content (AvgIpc) is 2.53. The summed E-state index contributed by atoms with van der Waals surface area (Å²) in [5.41, 5.74) is 1.15. The number of methoxy groups -OCH3 is 1. The Labute approximate surface area is 117 Å². The molecule has 102 valence electrons. The Balaban J connectivity index is 2.51. The van der Waals surface area contributed by atoms with Gasteiger partial charge in [-0.1, -0.05) is 30.3 Å². The first-order valence-electron chi connectivity index (χ1n) is 6.18. The second kappa shape index (κ2) is 6.02. The molecule has 0 unspecified atom stereocenters. The quantitative estimate of drug-likeness (QED) is 0.866. The van der Waals surface area contributed by atoms with Crippen LogP contribution in [-0.4, -0.2) is 25.8 Å². The van der Waals surface area contributed by atoms with Crippen molar-refractivity contribution >= 4 is 11.7 Å². The van der Waals surface area contributed by atoms with Gasteiger partial charge in [0.25, 0.3) is 5.91 Å². The Morgan fingerprint density at radius 2 is 1.45 bits per heavy atom. The van der Waals surface area contributed by atoms with E-state index >= 15 is 0 Å². The minimum Gasteiger partial charge on any atom is -0.496 e. The van der Waals surface area contributed by atoms with Crippen LogP contribution in [0, 0.1) is 0 Å². The van der Waals surface area contributed by atoms with Gasteiger partial charge in [-0.25, -0.2) is 0 Å². The predicted octanol–water partition coefficient (Wildman–Crippen LogP) is 2.29. The van der Waals surface area contributed by atoms with Crippen molar-refractivity contribution in [3.63, 3.8) is 0 Å². The second-order valence-electron chi connectivity index (χ2n) is 4.15. The zero-order valence-electron chi connectivity index (χ0n) is 11.3. The van der Waals surface area contributed by atoms with Crippen LogP contribution in [0.3, 0.4) is 0 Å². The van der Waals surface area contributed by atoms with Crippen LogP contribution in [0.5, 0.6) is 5.75 Å². The van der Waals surface area contributed by atoms with Gasteiger partial charge < -0.3 is 10.1 Å². The maximum atomic E-state index is 12.6. The van der Waals surface area contributed by atoms with E-state index in [4.69, 9.17) is 4.74 Å². The van der Waals surface area contributed by atoms with Crippen molar-refractivity contribution in [3.8, 4) is 5.75 Å². The number of amides is 1. The molecule has 0 fully saturated rings. The first kappa shape index (κ1) is 13.8. The fraction of sp³-hybridized carbons (Fsp3) is 0.125. The predicted molar refractivity (Wildman–Crippen MR) is 76.3 cm³/mol. The number of para-hydroxylation sites is 1. The highest BCUT2D eigenvalue weighted by molar-refractivity contribution is 6.16. The molecular weight excluding hydrogens is 254 g/mol. The zero-order chi connectivity index (χ0) is 14.5. The maximum Gasteiger partial charge on any atom is 0.251 e. The molecule has 1 N–H and O–H groups in total. The monoisotopic (exact) mass is 269 g/mol. The molecule has 4 heteroatoms. The Hall–Kier alpha value is -2.62. The summed E-state index contributed by atoms with van der Waals surface area (Å²) in [5, 5.41) is 2.53. The maximum absolute atomic E-state index is 12.6. The lowest BCUT2D eigenvalue weighted by Gasteiger charge is -2.10. The van der Waals surface area contributed by atoms with Gasteiger partial charge in [0.15, 0.2) is 5.78 Å². The lowest BCUT2D eigenvalue weighted by Crippen LogP contribution is -2.21. The molecule has 0 aromatic heterocycles. The number of ether oxygens (including phenoxy) is 1. The number of ketones is 1. The van der Waals surface area contributed by atoms with E-state index in [1.54, 1.807) is 48.5 Å². The molecule has 0 bridgehead atoms. The molecule has 2 aromatic carbocycles. The van der Waals surface area contributed by atoms with Crippen LogP contribution in [0.25, 0.3) is 0 Å². The van der Waals surface area contributed by atoms with Crippen LogP contribution >= 0.6 is 0 Å². The topological polar surface area (TPSA) is 55.4 Å². The normalized spacial score (nSPS) is 9.90. The average molecular weight is 269 g/mol. The van der Waals surface area contributed by atoms with Crippen LogP contribution in [0.15, 0.2) is 48.5 Å². The van der Waals surface area contributed by atoms with Gasteiger partial charge in [-0.3, -0.25) is 9.59 Å². The van der Waals surface area contributed by atoms with E-state index < -0.39 is 0 Å². The van der Waals surface area contributed by atoms with Gasteiger partial charge in [-0.15, -0.1) is 0 Å². The summed E-state index contributed by atoms with van der Waals surface area (Å²) < 4.78 is 5.19. The highest BCUT2D eigenvalue weighted by Gasteiger charge is 2.19. The molecule has 1 amide bonds. The van der Waals surface area contributed by atoms with Crippen molar-refractivity contribution in [2.24, 2.45) is 0 Å². The van der Waals surface area contributed by atoms with Gasteiger partial charge in [0.05, 0.1) is 18.2 Å². The SMILES string of the molecule is CNC(=O)c1ccccc1C(=O)c1ccccc1OC. The largest absolute Gasteiger partial charge is 0.496 e. The molecule has 2 aromatic rings. The molecule has 0 aliphatic carbocycles. The minimum atomic E-state index is -0.288. The number of carbonyl (C=O) groups excluding carboxylic acids is 2. The lowest BCUT2D eigenvalue weighted by atomic mass is 9.97. The molecule has 20 heavy (non-hydrogen) atoms. The third-order valence-corrected chi connectivity index (χ3v) is 2.99. The zero-order valence-corrected chi connectivity index (χ0v) is 11.3. The highest BCUT2D eigenvalue weighted by Crippen LogP contribution is 2.22. The number of benzene rings is 2. The standard InChI is InChI=1S/C16H15NO3/c1-17-16(19)12-8-4-3-7-11(12)15(18)13-9-5-6-10-14(13)20-2/h3-10H,1-2H3,(H,17,19). The summed E-state index contributed by atoms with van der Waals surface area (Å²) in [4.78, 5) is 24.4. The van der Waals surface area contributed by atoms with Gasteiger partial charge in [-0.2, -0.15) is 0 Å². The Bertz CT molecular complexity index is 650. The van der Waals surface area contributed by atoms with Gasteiger partial charge in [0.1, 0.15) is 5.75 Å². The van der Waals surface area contributed by atoms with Crippen LogP contribution < -0.4 is 10.1 Å². The highest BCUT2D eigenvalue weighted by atomic mass is 16.5. The lowest BCUT2D eigenvalue weighted by molar-refractivity contribution is 0.0950. The first-order valence-corrected chi connectivity index (χ1v) is 6.18. The fourth-order valence-corrected chi connectivity index (χ4v) is 1.99. The van der Waals surface area contributed by atoms with E-state index in [0.717, 1.165) is 0 Å². The van der Waals surface area contributed by atoms with Crippen molar-refractivity contribution < 1.29 is 14.3 Å². The number of rotatable bonds is 4. The second-order valence-corrected chi connectivity index (χ2v) is 4.15. The van der Waals surface area contributed by atoms with E-state index in [1.807, 2.05) is 0 Å². The molecule has 0 saturated heterocycles. The van der Waals surface area contributed by atoms with Gasteiger partial charge >= 0.3 is 0 Å². The third kappa shape index (κ3) is 2.54. The van der Waals surface area contributed by atoms with Crippen molar-refractivity contribution in [2.75, 3.05) is 14.2 Å². The Morgan fingerprint density at radius 1 is 0.900 bits per heavy atom. The summed E-state index contributed by atoms with van der Waals surface area (Å²) in [7, 11) is 3.05. The minimum absolute atomic E-state index is 0.235. The van der Waals surface area contributed by atoms with Crippen LogP contribution in [0.1, 0.15) is 26.3 Å². The number of nitrogens with one attached hydrogen (secondary N) is 1. The third-order valence-electron chi connectivity index (χ3n) is 2.99. The molecule has 4 nitrogen and oxygen atoms in total. The van der Waals surface area contributed by atoms with Crippen molar-refractivity contribution in [1.29, 1.82) is 0 Å². The van der Waals surface area contributed by atoms with Crippen molar-refractivity contribution in [2.45, 2.75) is 0 Å². The summed E-state index contributed by atoms with van der Waals surface area (Å²) in [6, 6.07) is 13.7. The summed E-state index contributed by atoms with van der Waals surface area (Å²) in [6.07, 6.45) is 0. The van der Waals surface area contributed by atoms with Crippen molar-refractivity contribution in [3.05, 3.63) is 65.2 Å². The molecular formula is C16H15NO3. The van der Waals surface area contributed by atoms with Crippen LogP contribution in [0.2, 0.25) is 0 Å². The van der Waals surface area contributed by atoms with E-state index in [9.17, 15) is 9.59 Å². The summed E-state index contributed by atoms with van der Waals surface area (Å²) >= 11 is 0. The van der Waals surface area contributed by atoms with Crippen LogP contribution in [0.4, 0.5) is 0 Å². The van der Waals surface area contributed by atoms with Gasteiger partial charge in [0.2, 0.25) is 0 Å². The van der Waals surface area contributed by atoms with Crippen LogP contribution in [-0.2, 0) is 0 Å². The number of carbonyl (C=O) groups is 2. The number of hydrogen-bond donors (Lipinski definition) is 1. The smallest absolute Gasteiger partial charge is 0.251 e. The van der Waals surface area contributed by atoms with E-state index in [1.165, 1.54) is 14.2 Å².